The largest absolute Gasteiger partial charge is 0.366 e. The molecule has 0 spiro atoms. The Morgan fingerprint density at radius 3 is 2.55 bits per heavy atom. The maximum absolute atomic E-state index is 6.08. The van der Waals surface area contributed by atoms with Crippen molar-refractivity contribution >= 4 is 30.9 Å². The Hall–Kier alpha value is -3.34. The summed E-state index contributed by atoms with van der Waals surface area (Å²) < 4.78 is 7.92. The number of pyridine rings is 1. The molecule has 4 heterocycles. The standard InChI is InChI=1S/C30H42N8OSi/c1-40(2,3)20-19-39-23-38-29-25(22-33-30(35-29)31-15-18-37-16-8-5-9-17-37)28(36-38)26-13-10-14-27(34-26)32-21-24-11-6-4-7-12-24/h4,6-7,10-14,22H,5,8-9,15-21,23H2,1-3H3,(H,32,34)(H,31,33,35). The number of aromatic nitrogens is 5. The van der Waals surface area contributed by atoms with Crippen molar-refractivity contribution in [3.63, 3.8) is 0 Å². The van der Waals surface area contributed by atoms with Gasteiger partial charge in [-0.15, -0.1) is 0 Å². The van der Waals surface area contributed by atoms with E-state index in [4.69, 9.17) is 19.8 Å². The summed E-state index contributed by atoms with van der Waals surface area (Å²) in [6.45, 7) is 13.0. The van der Waals surface area contributed by atoms with Crippen LogP contribution >= 0.6 is 0 Å². The summed E-state index contributed by atoms with van der Waals surface area (Å²) >= 11 is 0. The van der Waals surface area contributed by atoms with Gasteiger partial charge in [-0.2, -0.15) is 10.1 Å². The molecular weight excluding hydrogens is 516 g/mol. The lowest BCUT2D eigenvalue weighted by Crippen LogP contribution is -2.33. The average molecular weight is 559 g/mol. The molecule has 1 aromatic carbocycles. The van der Waals surface area contributed by atoms with Crippen LogP contribution in [-0.4, -0.2) is 70.5 Å². The van der Waals surface area contributed by atoms with Crippen LogP contribution in [0.4, 0.5) is 11.8 Å². The van der Waals surface area contributed by atoms with Crippen molar-refractivity contribution in [3.8, 4) is 11.4 Å². The second-order valence-electron chi connectivity index (χ2n) is 11.7. The van der Waals surface area contributed by atoms with Gasteiger partial charge in [0.15, 0.2) is 5.65 Å². The van der Waals surface area contributed by atoms with E-state index in [1.807, 2.05) is 47.3 Å². The number of benzene rings is 1. The molecule has 212 valence electrons. The highest BCUT2D eigenvalue weighted by Gasteiger charge is 2.18. The lowest BCUT2D eigenvalue weighted by molar-refractivity contribution is 0.0814. The van der Waals surface area contributed by atoms with Crippen LogP contribution in [-0.2, 0) is 18.0 Å². The zero-order valence-corrected chi connectivity index (χ0v) is 25.1. The van der Waals surface area contributed by atoms with Crippen molar-refractivity contribution in [2.24, 2.45) is 0 Å². The molecule has 1 saturated heterocycles. The van der Waals surface area contributed by atoms with E-state index >= 15 is 0 Å². The van der Waals surface area contributed by atoms with Crippen molar-refractivity contribution in [2.75, 3.05) is 43.4 Å². The minimum atomic E-state index is -1.19. The molecular formula is C30H42N8OSi. The van der Waals surface area contributed by atoms with E-state index in [1.165, 1.54) is 37.9 Å². The predicted molar refractivity (Wildman–Crippen MR) is 165 cm³/mol. The molecule has 0 saturated carbocycles. The molecule has 2 N–H and O–H groups in total. The number of nitrogens with one attached hydrogen (secondary N) is 2. The smallest absolute Gasteiger partial charge is 0.224 e. The maximum Gasteiger partial charge on any atom is 0.224 e. The summed E-state index contributed by atoms with van der Waals surface area (Å²) in [5, 5.41) is 12.6. The molecule has 0 atom stereocenters. The molecule has 0 radical (unpaired) electrons. The number of rotatable bonds is 13. The number of hydrogen-bond acceptors (Lipinski definition) is 8. The molecule has 4 aromatic rings. The van der Waals surface area contributed by atoms with Gasteiger partial charge in [-0.3, -0.25) is 0 Å². The van der Waals surface area contributed by atoms with Crippen molar-refractivity contribution in [2.45, 2.75) is 58.2 Å². The fourth-order valence-corrected chi connectivity index (χ4v) is 5.57. The number of likely N-dealkylation sites (tertiary alicyclic amines) is 1. The molecule has 0 unspecified atom stereocenters. The lowest BCUT2D eigenvalue weighted by atomic mass is 10.1. The van der Waals surface area contributed by atoms with Gasteiger partial charge >= 0.3 is 0 Å². The number of hydrogen-bond donors (Lipinski definition) is 2. The van der Waals surface area contributed by atoms with E-state index < -0.39 is 8.07 Å². The van der Waals surface area contributed by atoms with Crippen LogP contribution in [0.5, 0.6) is 0 Å². The Bertz CT molecular complexity index is 1370. The van der Waals surface area contributed by atoms with Gasteiger partial charge in [0.05, 0.1) is 11.1 Å². The zero-order valence-electron chi connectivity index (χ0n) is 24.1. The second kappa shape index (κ2) is 13.3. The number of ether oxygens (including phenoxy) is 1. The number of fused-ring (bicyclic) bond motifs is 1. The summed E-state index contributed by atoms with van der Waals surface area (Å²) in [5.41, 5.74) is 3.49. The van der Waals surface area contributed by atoms with Crippen LogP contribution in [0.1, 0.15) is 24.8 Å². The maximum atomic E-state index is 6.08. The van der Waals surface area contributed by atoms with Gasteiger partial charge in [0.1, 0.15) is 18.2 Å². The Morgan fingerprint density at radius 1 is 0.925 bits per heavy atom. The predicted octanol–water partition coefficient (Wildman–Crippen LogP) is 5.71. The number of nitrogens with zero attached hydrogens (tertiary/aromatic N) is 6. The van der Waals surface area contributed by atoms with Gasteiger partial charge in [0.2, 0.25) is 5.95 Å². The first-order valence-corrected chi connectivity index (χ1v) is 18.2. The first-order valence-electron chi connectivity index (χ1n) is 14.5. The lowest BCUT2D eigenvalue weighted by Gasteiger charge is -2.26. The van der Waals surface area contributed by atoms with E-state index in [2.05, 4.69) is 52.3 Å². The number of anilines is 2. The van der Waals surface area contributed by atoms with Gasteiger partial charge in [0, 0.05) is 40.5 Å². The van der Waals surface area contributed by atoms with E-state index in [9.17, 15) is 0 Å². The zero-order chi connectivity index (χ0) is 27.8. The van der Waals surface area contributed by atoms with Crippen LogP contribution < -0.4 is 10.6 Å². The van der Waals surface area contributed by atoms with E-state index in [0.717, 1.165) is 54.0 Å². The molecule has 5 rings (SSSR count). The Kier molecular flexibility index (Phi) is 9.40. The van der Waals surface area contributed by atoms with E-state index in [-0.39, 0.29) is 0 Å². The minimum absolute atomic E-state index is 0.344. The SMILES string of the molecule is C[Si](C)(C)CCOCn1nc(-c2cccc(NCc3ccccc3)n2)c2cnc(NCCN3CCCCC3)nc21. The first kappa shape index (κ1) is 28.2. The van der Waals surface area contributed by atoms with Crippen LogP contribution in [0.3, 0.4) is 0 Å². The van der Waals surface area contributed by atoms with Crippen LogP contribution in [0.25, 0.3) is 22.4 Å². The van der Waals surface area contributed by atoms with Crippen molar-refractivity contribution in [1.29, 1.82) is 0 Å². The molecule has 0 amide bonds. The molecule has 40 heavy (non-hydrogen) atoms. The third kappa shape index (κ3) is 7.86. The Labute approximate surface area is 238 Å². The molecule has 9 nitrogen and oxygen atoms in total. The first-order chi connectivity index (χ1) is 19.4. The molecule has 10 heteroatoms. The van der Waals surface area contributed by atoms with Gasteiger partial charge in [-0.25, -0.2) is 14.6 Å². The third-order valence-corrected chi connectivity index (χ3v) is 8.87. The topological polar surface area (TPSA) is 93.0 Å². The monoisotopic (exact) mass is 558 g/mol. The Morgan fingerprint density at radius 2 is 1.75 bits per heavy atom. The average Bonchev–Trinajstić information content (AvgIpc) is 3.33. The normalized spacial score (nSPS) is 14.5. The van der Waals surface area contributed by atoms with E-state index in [0.29, 0.717) is 19.2 Å². The Balaban J connectivity index is 1.34. The van der Waals surface area contributed by atoms with Gasteiger partial charge < -0.3 is 20.3 Å². The molecule has 1 fully saturated rings. The van der Waals surface area contributed by atoms with Crippen molar-refractivity contribution in [3.05, 3.63) is 60.3 Å². The highest BCUT2D eigenvalue weighted by atomic mass is 28.3. The minimum Gasteiger partial charge on any atom is -0.366 e. The van der Waals surface area contributed by atoms with Gasteiger partial charge in [-0.1, -0.05) is 62.5 Å². The van der Waals surface area contributed by atoms with E-state index in [1.54, 1.807) is 0 Å². The summed E-state index contributed by atoms with van der Waals surface area (Å²) in [4.78, 5) is 16.9. The van der Waals surface area contributed by atoms with Gasteiger partial charge in [0.25, 0.3) is 0 Å². The highest BCUT2D eigenvalue weighted by molar-refractivity contribution is 6.76. The van der Waals surface area contributed by atoms with Crippen LogP contribution in [0, 0.1) is 0 Å². The number of piperidine rings is 1. The second-order valence-corrected chi connectivity index (χ2v) is 17.3. The van der Waals surface area contributed by atoms with Crippen molar-refractivity contribution < 1.29 is 4.74 Å². The highest BCUT2D eigenvalue weighted by Crippen LogP contribution is 2.27. The van der Waals surface area contributed by atoms with Crippen LogP contribution in [0.2, 0.25) is 25.7 Å². The summed E-state index contributed by atoms with van der Waals surface area (Å²) in [5.74, 6) is 1.41. The van der Waals surface area contributed by atoms with Crippen LogP contribution in [0.15, 0.2) is 54.7 Å². The molecule has 0 bridgehead atoms. The summed E-state index contributed by atoms with van der Waals surface area (Å²) in [7, 11) is -1.19. The summed E-state index contributed by atoms with van der Waals surface area (Å²) in [6, 6.07) is 17.4. The fourth-order valence-electron chi connectivity index (χ4n) is 4.81. The molecule has 3 aromatic heterocycles. The van der Waals surface area contributed by atoms with Gasteiger partial charge in [-0.05, 0) is 49.7 Å². The summed E-state index contributed by atoms with van der Waals surface area (Å²) in [6.07, 6.45) is 5.79. The fraction of sp³-hybridized carbons (Fsp3) is 0.467. The molecule has 0 aliphatic carbocycles. The quantitative estimate of drug-likeness (QED) is 0.159. The van der Waals surface area contributed by atoms with Crippen molar-refractivity contribution in [1.82, 2.24) is 29.6 Å². The third-order valence-electron chi connectivity index (χ3n) is 7.17. The molecule has 1 aliphatic heterocycles. The molecule has 1 aliphatic rings.